The average Bonchev–Trinajstić information content (AvgIpc) is 3.26. The Labute approximate surface area is 230 Å². The van der Waals surface area contributed by atoms with Crippen molar-refractivity contribution in [2.45, 2.75) is 19.9 Å². The van der Waals surface area contributed by atoms with Crippen LogP contribution in [0.4, 0.5) is 5.69 Å². The SMILES string of the molecule is CCOC(=O)C1=C(C)N=c2sc(=Cc3ccc(N4CCOCC4)cc3)c(=O)n2C1c1ccc(OC)cc1OC. The number of aromatic nitrogens is 1. The second kappa shape index (κ2) is 11.5. The van der Waals surface area contributed by atoms with Crippen molar-refractivity contribution < 1.29 is 23.7 Å². The molecule has 0 amide bonds. The molecule has 1 atom stereocenters. The van der Waals surface area contributed by atoms with E-state index in [1.807, 2.05) is 24.3 Å². The van der Waals surface area contributed by atoms with Crippen molar-refractivity contribution in [2.75, 3.05) is 52.0 Å². The van der Waals surface area contributed by atoms with Crippen LogP contribution in [-0.4, -0.2) is 57.7 Å². The van der Waals surface area contributed by atoms with Crippen LogP contribution in [-0.2, 0) is 14.3 Å². The first-order valence-electron chi connectivity index (χ1n) is 12.8. The summed E-state index contributed by atoms with van der Waals surface area (Å²) in [6.45, 7) is 6.86. The monoisotopic (exact) mass is 549 g/mol. The fourth-order valence-corrected chi connectivity index (χ4v) is 5.93. The van der Waals surface area contributed by atoms with Gasteiger partial charge in [0.2, 0.25) is 0 Å². The second-order valence-corrected chi connectivity index (χ2v) is 10.1. The van der Waals surface area contributed by atoms with Gasteiger partial charge in [-0.3, -0.25) is 9.36 Å². The number of carbonyl (C=O) groups is 1. The lowest BCUT2D eigenvalue weighted by atomic mass is 9.95. The highest BCUT2D eigenvalue weighted by molar-refractivity contribution is 7.07. The molecule has 2 aliphatic heterocycles. The molecule has 0 spiro atoms. The maximum Gasteiger partial charge on any atom is 0.338 e. The molecule has 1 saturated heterocycles. The summed E-state index contributed by atoms with van der Waals surface area (Å²) in [6.07, 6.45) is 1.86. The number of morpholine rings is 1. The Bertz CT molecular complexity index is 1580. The number of anilines is 1. The third kappa shape index (κ3) is 5.22. The largest absolute Gasteiger partial charge is 0.497 e. The number of nitrogens with zero attached hydrogens (tertiary/aromatic N) is 3. The number of hydrogen-bond donors (Lipinski definition) is 0. The summed E-state index contributed by atoms with van der Waals surface area (Å²) in [5, 5.41) is 0. The molecule has 3 aromatic rings. The quantitative estimate of drug-likeness (QED) is 0.419. The lowest BCUT2D eigenvalue weighted by Gasteiger charge is -2.28. The number of carbonyl (C=O) groups excluding carboxylic acids is 1. The first kappa shape index (κ1) is 26.7. The minimum absolute atomic E-state index is 0.201. The second-order valence-electron chi connectivity index (χ2n) is 9.10. The van der Waals surface area contributed by atoms with E-state index in [0.717, 1.165) is 37.6 Å². The maximum absolute atomic E-state index is 13.9. The van der Waals surface area contributed by atoms with Crippen LogP contribution in [0, 0.1) is 0 Å². The standard InChI is InChI=1S/C29H31N3O6S/c1-5-38-28(34)25-18(2)30-29-32(26(25)22-11-10-21(35-3)17-23(22)36-4)27(33)24(39-29)16-19-6-8-20(9-7-19)31-12-14-37-15-13-31/h6-11,16-17,26H,5,12-15H2,1-4H3. The number of fused-ring (bicyclic) bond motifs is 1. The lowest BCUT2D eigenvalue weighted by Crippen LogP contribution is -2.40. The zero-order chi connectivity index (χ0) is 27.5. The molecule has 0 aliphatic carbocycles. The molecule has 0 bridgehead atoms. The van der Waals surface area contributed by atoms with Gasteiger partial charge in [-0.25, -0.2) is 9.79 Å². The Morgan fingerprint density at radius 1 is 1.13 bits per heavy atom. The van der Waals surface area contributed by atoms with Crippen molar-refractivity contribution in [1.29, 1.82) is 0 Å². The van der Waals surface area contributed by atoms with Crippen LogP contribution < -0.4 is 29.3 Å². The van der Waals surface area contributed by atoms with Gasteiger partial charge in [0.25, 0.3) is 5.56 Å². The highest BCUT2D eigenvalue weighted by Gasteiger charge is 2.35. The lowest BCUT2D eigenvalue weighted by molar-refractivity contribution is -0.139. The van der Waals surface area contributed by atoms with E-state index in [1.165, 1.54) is 11.3 Å². The molecular weight excluding hydrogens is 518 g/mol. The fraction of sp³-hybridized carbons (Fsp3) is 0.345. The van der Waals surface area contributed by atoms with E-state index in [2.05, 4.69) is 22.0 Å². The Balaban J connectivity index is 1.62. The van der Waals surface area contributed by atoms with Crippen molar-refractivity contribution >= 4 is 29.1 Å². The molecule has 0 N–H and O–H groups in total. The molecule has 39 heavy (non-hydrogen) atoms. The summed E-state index contributed by atoms with van der Waals surface area (Å²) in [4.78, 5) is 34.5. The van der Waals surface area contributed by atoms with Crippen LogP contribution in [0.3, 0.4) is 0 Å². The predicted octanol–water partition coefficient (Wildman–Crippen LogP) is 2.65. The molecule has 2 aromatic carbocycles. The normalized spacial score (nSPS) is 17.5. The van der Waals surface area contributed by atoms with Crippen molar-refractivity contribution in [2.24, 2.45) is 4.99 Å². The van der Waals surface area contributed by atoms with Gasteiger partial charge in [0.1, 0.15) is 17.5 Å². The number of rotatable bonds is 7. The van der Waals surface area contributed by atoms with E-state index in [-0.39, 0.29) is 12.2 Å². The molecule has 10 heteroatoms. The van der Waals surface area contributed by atoms with Gasteiger partial charge in [-0.2, -0.15) is 0 Å². The van der Waals surface area contributed by atoms with Gasteiger partial charge in [0.15, 0.2) is 4.80 Å². The molecule has 1 aromatic heterocycles. The third-order valence-corrected chi connectivity index (χ3v) is 7.80. The van der Waals surface area contributed by atoms with Gasteiger partial charge in [-0.05, 0) is 49.8 Å². The Hall–Kier alpha value is -3.89. The fourth-order valence-electron chi connectivity index (χ4n) is 4.88. The summed E-state index contributed by atoms with van der Waals surface area (Å²) >= 11 is 1.29. The molecule has 9 nitrogen and oxygen atoms in total. The highest BCUT2D eigenvalue weighted by Crippen LogP contribution is 2.37. The topological polar surface area (TPSA) is 91.6 Å². The van der Waals surface area contributed by atoms with E-state index < -0.39 is 12.0 Å². The number of allylic oxidation sites excluding steroid dienone is 1. The smallest absolute Gasteiger partial charge is 0.338 e. The van der Waals surface area contributed by atoms with E-state index in [9.17, 15) is 9.59 Å². The van der Waals surface area contributed by atoms with Crippen LogP contribution in [0.1, 0.15) is 31.0 Å². The average molecular weight is 550 g/mol. The zero-order valence-electron chi connectivity index (χ0n) is 22.4. The van der Waals surface area contributed by atoms with Gasteiger partial charge in [0.05, 0.1) is 49.8 Å². The number of methoxy groups -OCH3 is 2. The summed E-state index contributed by atoms with van der Waals surface area (Å²) in [6, 6.07) is 12.7. The number of hydrogen-bond acceptors (Lipinski definition) is 9. The minimum Gasteiger partial charge on any atom is -0.497 e. The van der Waals surface area contributed by atoms with Gasteiger partial charge < -0.3 is 23.8 Å². The third-order valence-electron chi connectivity index (χ3n) is 6.82. The molecular formula is C29H31N3O6S. The summed E-state index contributed by atoms with van der Waals surface area (Å²) in [5.74, 6) is 0.570. The highest BCUT2D eigenvalue weighted by atomic mass is 32.1. The molecule has 1 unspecified atom stereocenters. The van der Waals surface area contributed by atoms with E-state index in [1.54, 1.807) is 44.8 Å². The van der Waals surface area contributed by atoms with Crippen LogP contribution in [0.2, 0.25) is 0 Å². The zero-order valence-corrected chi connectivity index (χ0v) is 23.2. The van der Waals surface area contributed by atoms with E-state index in [0.29, 0.717) is 37.7 Å². The van der Waals surface area contributed by atoms with Gasteiger partial charge in [-0.15, -0.1) is 0 Å². The number of thiazole rings is 1. The first-order chi connectivity index (χ1) is 18.9. The van der Waals surface area contributed by atoms with E-state index in [4.69, 9.17) is 18.9 Å². The molecule has 0 saturated carbocycles. The number of esters is 1. The number of ether oxygens (including phenoxy) is 4. The Kier molecular flexibility index (Phi) is 7.85. The van der Waals surface area contributed by atoms with Crippen molar-refractivity contribution in [3.63, 3.8) is 0 Å². The van der Waals surface area contributed by atoms with Crippen LogP contribution in [0.15, 0.2) is 63.5 Å². The summed E-state index contributed by atoms with van der Waals surface area (Å²) in [7, 11) is 3.11. The molecule has 0 radical (unpaired) electrons. The summed E-state index contributed by atoms with van der Waals surface area (Å²) in [5.41, 5.74) is 3.22. The van der Waals surface area contributed by atoms with Crippen LogP contribution in [0.25, 0.3) is 6.08 Å². The minimum atomic E-state index is -0.771. The van der Waals surface area contributed by atoms with Crippen LogP contribution >= 0.6 is 11.3 Å². The molecule has 2 aliphatic rings. The van der Waals surface area contributed by atoms with Gasteiger partial charge in [0, 0.05) is 30.4 Å². The molecule has 3 heterocycles. The maximum atomic E-state index is 13.9. The Morgan fingerprint density at radius 2 is 1.87 bits per heavy atom. The molecule has 5 rings (SSSR count). The molecule has 204 valence electrons. The van der Waals surface area contributed by atoms with Gasteiger partial charge in [-0.1, -0.05) is 23.5 Å². The van der Waals surface area contributed by atoms with Gasteiger partial charge >= 0.3 is 5.97 Å². The Morgan fingerprint density at radius 3 is 2.54 bits per heavy atom. The first-order valence-corrected chi connectivity index (χ1v) is 13.6. The van der Waals surface area contributed by atoms with E-state index >= 15 is 0 Å². The van der Waals surface area contributed by atoms with Crippen molar-refractivity contribution in [3.8, 4) is 11.5 Å². The van der Waals surface area contributed by atoms with Crippen LogP contribution in [0.5, 0.6) is 11.5 Å². The molecule has 1 fully saturated rings. The van der Waals surface area contributed by atoms with Crippen molar-refractivity contribution in [3.05, 3.63) is 84.5 Å². The van der Waals surface area contributed by atoms with Crippen molar-refractivity contribution in [1.82, 2.24) is 4.57 Å². The number of benzene rings is 2. The summed E-state index contributed by atoms with van der Waals surface area (Å²) < 4.78 is 23.9. The predicted molar refractivity (Wildman–Crippen MR) is 149 cm³/mol.